The maximum Gasteiger partial charge on any atom is 0.350 e. The maximum atomic E-state index is 12.9. The van der Waals surface area contributed by atoms with Gasteiger partial charge in [0.2, 0.25) is 5.95 Å². The first-order chi connectivity index (χ1) is 9.11. The minimum Gasteiger partial charge on any atom is -0.465 e. The lowest BCUT2D eigenvalue weighted by molar-refractivity contribution is 0.0607. The van der Waals surface area contributed by atoms with Gasteiger partial charge in [0.25, 0.3) is 5.91 Å². The minimum absolute atomic E-state index is 0.0676. The Balaban J connectivity index is 2.20. The molecule has 2 aromatic heterocycles. The number of methoxy groups -OCH3 is 1. The van der Waals surface area contributed by atoms with Gasteiger partial charge in [0.1, 0.15) is 10.6 Å². The number of aromatic nitrogens is 1. The molecule has 0 radical (unpaired) electrons. The molecule has 19 heavy (non-hydrogen) atoms. The highest BCUT2D eigenvalue weighted by Crippen LogP contribution is 2.23. The van der Waals surface area contributed by atoms with E-state index in [0.29, 0.717) is 5.69 Å². The molecule has 2 aromatic rings. The van der Waals surface area contributed by atoms with Crippen molar-refractivity contribution in [1.82, 2.24) is 4.98 Å². The summed E-state index contributed by atoms with van der Waals surface area (Å²) in [6.45, 7) is 0. The molecule has 0 atom stereocenters. The number of nitrogens with one attached hydrogen (secondary N) is 1. The smallest absolute Gasteiger partial charge is 0.350 e. The van der Waals surface area contributed by atoms with Crippen molar-refractivity contribution in [3.05, 3.63) is 46.2 Å². The number of amides is 1. The number of rotatable bonds is 3. The molecule has 0 unspecified atom stereocenters. The number of hydrogen-bond acceptors (Lipinski definition) is 5. The molecule has 98 valence electrons. The number of carbonyl (C=O) groups excluding carboxylic acids is 2. The predicted octanol–water partition coefficient (Wildman–Crippen LogP) is 2.32. The van der Waals surface area contributed by atoms with Gasteiger partial charge in [0.15, 0.2) is 0 Å². The standard InChI is InChI=1S/C12H9FN2O3S/c1-18-12(17)10-7(5-6-19-10)15-11(16)8-3-2-4-9(13)14-8/h2-6H,1H3,(H,15,16). The maximum absolute atomic E-state index is 12.9. The first-order valence-electron chi connectivity index (χ1n) is 5.21. The number of halogens is 1. The summed E-state index contributed by atoms with van der Waals surface area (Å²) < 4.78 is 17.5. The van der Waals surface area contributed by atoms with Crippen LogP contribution in [0.4, 0.5) is 10.1 Å². The molecule has 0 saturated heterocycles. The molecule has 0 aliphatic heterocycles. The van der Waals surface area contributed by atoms with Crippen molar-refractivity contribution in [2.24, 2.45) is 0 Å². The van der Waals surface area contributed by atoms with Crippen molar-refractivity contribution in [2.45, 2.75) is 0 Å². The zero-order chi connectivity index (χ0) is 13.8. The van der Waals surface area contributed by atoms with E-state index >= 15 is 0 Å². The third kappa shape index (κ3) is 2.94. The van der Waals surface area contributed by atoms with Crippen molar-refractivity contribution < 1.29 is 18.7 Å². The Bertz CT molecular complexity index is 627. The lowest BCUT2D eigenvalue weighted by atomic mass is 10.3. The Morgan fingerprint density at radius 1 is 1.37 bits per heavy atom. The van der Waals surface area contributed by atoms with Crippen molar-refractivity contribution in [3.8, 4) is 0 Å². The summed E-state index contributed by atoms with van der Waals surface area (Å²) in [4.78, 5) is 27.0. The fourth-order valence-corrected chi connectivity index (χ4v) is 2.15. The van der Waals surface area contributed by atoms with E-state index in [9.17, 15) is 14.0 Å². The molecule has 5 nitrogen and oxygen atoms in total. The molecule has 1 amide bonds. The second-order valence-electron chi connectivity index (χ2n) is 3.45. The SMILES string of the molecule is COC(=O)c1sccc1NC(=O)c1cccc(F)n1. The summed E-state index contributed by atoms with van der Waals surface area (Å²) in [6, 6.07) is 5.46. The van der Waals surface area contributed by atoms with Crippen molar-refractivity contribution >= 4 is 28.9 Å². The van der Waals surface area contributed by atoms with E-state index in [1.807, 2.05) is 0 Å². The summed E-state index contributed by atoms with van der Waals surface area (Å²) in [5, 5.41) is 4.13. The second kappa shape index (κ2) is 5.57. The van der Waals surface area contributed by atoms with Crippen LogP contribution >= 0.6 is 11.3 Å². The van der Waals surface area contributed by atoms with Crippen molar-refractivity contribution in [2.75, 3.05) is 12.4 Å². The van der Waals surface area contributed by atoms with Crippen LogP contribution in [0.15, 0.2) is 29.6 Å². The lowest BCUT2D eigenvalue weighted by Crippen LogP contribution is -2.15. The molecule has 2 rings (SSSR count). The molecule has 0 saturated carbocycles. The number of nitrogens with zero attached hydrogens (tertiary/aromatic N) is 1. The third-order valence-electron chi connectivity index (χ3n) is 2.23. The monoisotopic (exact) mass is 280 g/mol. The summed E-state index contributed by atoms with van der Waals surface area (Å²) >= 11 is 1.14. The fraction of sp³-hybridized carbons (Fsp3) is 0.0833. The Morgan fingerprint density at radius 2 is 2.16 bits per heavy atom. The van der Waals surface area contributed by atoms with Gasteiger partial charge in [0, 0.05) is 0 Å². The summed E-state index contributed by atoms with van der Waals surface area (Å²) in [5.74, 6) is -1.88. The molecule has 1 N–H and O–H groups in total. The van der Waals surface area contributed by atoms with Crippen LogP contribution in [0.25, 0.3) is 0 Å². The van der Waals surface area contributed by atoms with Gasteiger partial charge in [-0.2, -0.15) is 4.39 Å². The molecule has 0 aliphatic carbocycles. The quantitative estimate of drug-likeness (QED) is 0.692. The number of esters is 1. The number of thiophene rings is 1. The highest BCUT2D eigenvalue weighted by molar-refractivity contribution is 7.12. The molecule has 2 heterocycles. The highest BCUT2D eigenvalue weighted by atomic mass is 32.1. The van der Waals surface area contributed by atoms with Gasteiger partial charge in [-0.05, 0) is 23.6 Å². The first-order valence-corrected chi connectivity index (χ1v) is 6.09. The molecule has 0 spiro atoms. The molecule has 0 aliphatic rings. The van der Waals surface area contributed by atoms with E-state index in [1.165, 1.54) is 19.2 Å². The predicted molar refractivity (Wildman–Crippen MR) is 67.8 cm³/mol. The average Bonchev–Trinajstić information content (AvgIpc) is 2.86. The summed E-state index contributed by atoms with van der Waals surface area (Å²) in [6.07, 6.45) is 0. The topological polar surface area (TPSA) is 68.3 Å². The van der Waals surface area contributed by atoms with Crippen LogP contribution in [-0.2, 0) is 4.74 Å². The molecule has 0 aromatic carbocycles. The molecule has 7 heteroatoms. The number of anilines is 1. The van der Waals surface area contributed by atoms with Gasteiger partial charge >= 0.3 is 5.97 Å². The van der Waals surface area contributed by atoms with E-state index in [-0.39, 0.29) is 10.6 Å². The Morgan fingerprint density at radius 3 is 2.84 bits per heavy atom. The van der Waals surface area contributed by atoms with Gasteiger partial charge in [-0.3, -0.25) is 4.79 Å². The summed E-state index contributed by atoms with van der Waals surface area (Å²) in [5.41, 5.74) is 0.245. The lowest BCUT2D eigenvalue weighted by Gasteiger charge is -2.04. The molecule has 0 fully saturated rings. The second-order valence-corrected chi connectivity index (χ2v) is 4.37. The summed E-state index contributed by atoms with van der Waals surface area (Å²) in [7, 11) is 1.25. The van der Waals surface area contributed by atoms with Crippen LogP contribution < -0.4 is 5.32 Å². The first kappa shape index (κ1) is 13.2. The van der Waals surface area contributed by atoms with Crippen LogP contribution in [0.1, 0.15) is 20.2 Å². The van der Waals surface area contributed by atoms with E-state index in [1.54, 1.807) is 11.4 Å². The minimum atomic E-state index is -0.744. The van der Waals surface area contributed by atoms with E-state index in [2.05, 4.69) is 15.0 Å². The average molecular weight is 280 g/mol. The van der Waals surface area contributed by atoms with Crippen molar-refractivity contribution in [3.63, 3.8) is 0 Å². The zero-order valence-electron chi connectivity index (χ0n) is 9.84. The van der Waals surface area contributed by atoms with E-state index in [4.69, 9.17) is 0 Å². The number of ether oxygens (including phenoxy) is 1. The number of hydrogen-bond donors (Lipinski definition) is 1. The zero-order valence-corrected chi connectivity index (χ0v) is 10.7. The highest BCUT2D eigenvalue weighted by Gasteiger charge is 2.17. The van der Waals surface area contributed by atoms with E-state index < -0.39 is 17.8 Å². The van der Waals surface area contributed by atoms with Gasteiger partial charge in [-0.25, -0.2) is 9.78 Å². The molecular weight excluding hydrogens is 271 g/mol. The Kier molecular flexibility index (Phi) is 3.86. The van der Waals surface area contributed by atoms with Gasteiger partial charge in [0.05, 0.1) is 12.8 Å². The van der Waals surface area contributed by atoms with Crippen LogP contribution in [0.5, 0.6) is 0 Å². The van der Waals surface area contributed by atoms with Crippen LogP contribution in [-0.4, -0.2) is 24.0 Å². The van der Waals surface area contributed by atoms with Crippen LogP contribution in [0.2, 0.25) is 0 Å². The van der Waals surface area contributed by atoms with E-state index in [0.717, 1.165) is 17.4 Å². The third-order valence-corrected chi connectivity index (χ3v) is 3.13. The van der Waals surface area contributed by atoms with Crippen molar-refractivity contribution in [1.29, 1.82) is 0 Å². The van der Waals surface area contributed by atoms with Gasteiger partial charge in [-0.1, -0.05) is 6.07 Å². The Hall–Kier alpha value is -2.28. The molecule has 0 bridgehead atoms. The van der Waals surface area contributed by atoms with Gasteiger partial charge < -0.3 is 10.1 Å². The molecular formula is C12H9FN2O3S. The number of pyridine rings is 1. The fourth-order valence-electron chi connectivity index (χ4n) is 1.38. The largest absolute Gasteiger partial charge is 0.465 e. The normalized spacial score (nSPS) is 10.0. The van der Waals surface area contributed by atoms with Gasteiger partial charge in [-0.15, -0.1) is 11.3 Å². The number of carbonyl (C=O) groups is 2. The van der Waals surface area contributed by atoms with Crippen LogP contribution in [0, 0.1) is 5.95 Å². The Labute approximate surface area is 112 Å². The van der Waals surface area contributed by atoms with Crippen LogP contribution in [0.3, 0.4) is 0 Å².